The van der Waals surface area contributed by atoms with Crippen molar-refractivity contribution in [2.45, 2.75) is 6.54 Å². The van der Waals surface area contributed by atoms with Crippen LogP contribution in [-0.4, -0.2) is 77.5 Å². The molecular formula is C21H27BrN4O2S. The van der Waals surface area contributed by atoms with Gasteiger partial charge in [-0.05, 0) is 18.2 Å². The molecule has 0 bridgehead atoms. The molecule has 156 valence electrons. The van der Waals surface area contributed by atoms with Crippen LogP contribution in [0.1, 0.15) is 0 Å². The molecule has 0 radical (unpaired) electrons. The number of benzene rings is 1. The van der Waals surface area contributed by atoms with E-state index in [1.54, 1.807) is 4.57 Å². The molecule has 1 saturated heterocycles. The minimum absolute atomic E-state index is 0.00590. The number of thiazole rings is 1. The summed E-state index contributed by atoms with van der Waals surface area (Å²) in [5, 5.41) is 0. The Hall–Kier alpha value is -1.74. The van der Waals surface area contributed by atoms with Crippen LogP contribution < -0.4 is 4.87 Å². The van der Waals surface area contributed by atoms with Crippen LogP contribution in [0.5, 0.6) is 0 Å². The maximum Gasteiger partial charge on any atom is 0.308 e. The zero-order chi connectivity index (χ0) is 20.8. The molecule has 2 aromatic rings. The number of fused-ring (bicyclic) bond motifs is 1. The summed E-state index contributed by atoms with van der Waals surface area (Å²) in [5.41, 5.74) is 0.811. The Balaban J connectivity index is 1.54. The van der Waals surface area contributed by atoms with Crippen LogP contribution in [0.25, 0.3) is 10.2 Å². The quantitative estimate of drug-likeness (QED) is 0.519. The Bertz CT molecular complexity index is 920. The van der Waals surface area contributed by atoms with Crippen molar-refractivity contribution in [3.63, 3.8) is 0 Å². The van der Waals surface area contributed by atoms with Gasteiger partial charge < -0.3 is 4.90 Å². The van der Waals surface area contributed by atoms with Gasteiger partial charge in [-0.3, -0.25) is 24.0 Å². The fraction of sp³-hybridized carbons (Fsp3) is 0.429. The van der Waals surface area contributed by atoms with Gasteiger partial charge in [0.15, 0.2) is 0 Å². The predicted octanol–water partition coefficient (Wildman–Crippen LogP) is 2.64. The molecule has 8 heteroatoms. The van der Waals surface area contributed by atoms with Gasteiger partial charge in [0.25, 0.3) is 0 Å². The molecule has 0 atom stereocenters. The molecular weight excluding hydrogens is 452 g/mol. The lowest BCUT2D eigenvalue weighted by Crippen LogP contribution is -2.51. The molecule has 0 spiro atoms. The highest BCUT2D eigenvalue weighted by Crippen LogP contribution is 2.22. The monoisotopic (exact) mass is 478 g/mol. The number of carbonyl (C=O) groups excluding carboxylic acids is 1. The lowest BCUT2D eigenvalue weighted by atomic mass is 10.3. The van der Waals surface area contributed by atoms with E-state index in [1.165, 1.54) is 11.3 Å². The highest BCUT2D eigenvalue weighted by Gasteiger charge is 2.22. The van der Waals surface area contributed by atoms with Gasteiger partial charge in [-0.15, -0.1) is 13.2 Å². The van der Waals surface area contributed by atoms with Crippen molar-refractivity contribution >= 4 is 43.4 Å². The molecule has 1 aromatic heterocycles. The first kappa shape index (κ1) is 22.0. The molecule has 1 aliphatic heterocycles. The van der Waals surface area contributed by atoms with Crippen LogP contribution >= 0.6 is 27.3 Å². The second-order valence-electron chi connectivity index (χ2n) is 7.13. The van der Waals surface area contributed by atoms with Crippen molar-refractivity contribution < 1.29 is 4.79 Å². The van der Waals surface area contributed by atoms with E-state index >= 15 is 0 Å². The first-order valence-electron chi connectivity index (χ1n) is 9.75. The second-order valence-corrected chi connectivity index (χ2v) is 9.03. The first-order valence-corrected chi connectivity index (χ1v) is 11.4. The number of hydrogen-bond acceptors (Lipinski definition) is 5. The summed E-state index contributed by atoms with van der Waals surface area (Å²) in [6.45, 7) is 14.4. The molecule has 0 saturated carbocycles. The van der Waals surface area contributed by atoms with E-state index in [0.29, 0.717) is 13.1 Å². The van der Waals surface area contributed by atoms with Crippen LogP contribution in [0.4, 0.5) is 0 Å². The largest absolute Gasteiger partial charge is 0.339 e. The number of piperazine rings is 1. The van der Waals surface area contributed by atoms with Crippen molar-refractivity contribution in [2.75, 3.05) is 52.4 Å². The molecule has 1 fully saturated rings. The number of carbonyl (C=O) groups is 1. The van der Waals surface area contributed by atoms with Gasteiger partial charge in [0.1, 0.15) is 6.54 Å². The Labute approximate surface area is 183 Å². The summed E-state index contributed by atoms with van der Waals surface area (Å²) in [6.07, 6.45) is 3.82. The smallest absolute Gasteiger partial charge is 0.308 e. The summed E-state index contributed by atoms with van der Waals surface area (Å²) in [4.78, 5) is 31.6. The third-order valence-electron chi connectivity index (χ3n) is 5.15. The summed E-state index contributed by atoms with van der Waals surface area (Å²) >= 11 is 4.63. The fourth-order valence-corrected chi connectivity index (χ4v) is 4.77. The summed E-state index contributed by atoms with van der Waals surface area (Å²) in [5.74, 6) is 0.00590. The Morgan fingerprint density at radius 1 is 1.17 bits per heavy atom. The summed E-state index contributed by atoms with van der Waals surface area (Å²) in [7, 11) is 0. The maximum absolute atomic E-state index is 12.8. The van der Waals surface area contributed by atoms with Crippen LogP contribution in [0, 0.1) is 0 Å². The average Bonchev–Trinajstić information content (AvgIpc) is 3.01. The van der Waals surface area contributed by atoms with E-state index in [1.807, 2.05) is 35.3 Å². The van der Waals surface area contributed by atoms with Gasteiger partial charge in [-0.2, -0.15) is 0 Å². The van der Waals surface area contributed by atoms with Gasteiger partial charge in [0.05, 0.1) is 10.2 Å². The number of hydrogen-bond donors (Lipinski definition) is 0. The minimum Gasteiger partial charge on any atom is -0.339 e. The number of rotatable bonds is 9. The van der Waals surface area contributed by atoms with Crippen LogP contribution in [0.15, 0.2) is 52.8 Å². The van der Waals surface area contributed by atoms with Crippen molar-refractivity contribution in [3.05, 3.63) is 57.6 Å². The Kier molecular flexibility index (Phi) is 7.83. The van der Waals surface area contributed by atoms with Gasteiger partial charge in [-0.1, -0.05) is 39.4 Å². The molecule has 0 aliphatic carbocycles. The molecule has 0 unspecified atom stereocenters. The second kappa shape index (κ2) is 10.3. The van der Waals surface area contributed by atoms with Gasteiger partial charge in [0, 0.05) is 56.8 Å². The third-order valence-corrected chi connectivity index (χ3v) is 6.61. The predicted molar refractivity (Wildman–Crippen MR) is 124 cm³/mol. The van der Waals surface area contributed by atoms with Crippen molar-refractivity contribution in [1.82, 2.24) is 19.3 Å². The van der Waals surface area contributed by atoms with Gasteiger partial charge in [0.2, 0.25) is 5.91 Å². The Morgan fingerprint density at radius 2 is 1.86 bits per heavy atom. The number of amides is 1. The van der Waals surface area contributed by atoms with E-state index in [-0.39, 0.29) is 17.3 Å². The fourth-order valence-electron chi connectivity index (χ4n) is 3.55. The number of nitrogens with zero attached hydrogens (tertiary/aromatic N) is 4. The van der Waals surface area contributed by atoms with E-state index in [4.69, 9.17) is 0 Å². The number of halogens is 1. The van der Waals surface area contributed by atoms with Crippen LogP contribution in [0.2, 0.25) is 0 Å². The molecule has 6 nitrogen and oxygen atoms in total. The minimum atomic E-state index is -0.0883. The lowest BCUT2D eigenvalue weighted by molar-refractivity contribution is -0.133. The molecule has 0 N–H and O–H groups in total. The van der Waals surface area contributed by atoms with Crippen LogP contribution in [0.3, 0.4) is 0 Å². The lowest BCUT2D eigenvalue weighted by Gasteiger charge is -2.35. The average molecular weight is 479 g/mol. The van der Waals surface area contributed by atoms with E-state index in [0.717, 1.165) is 54.0 Å². The standard InChI is InChI=1S/C21H27BrN4O2S/c1-3-7-23(8-4-2)9-10-24-11-13-25(14-12-24)20(27)16-26-18-15-17(22)5-6-19(18)29-21(26)28/h3-6,15H,1-2,7-14,16H2. The Morgan fingerprint density at radius 3 is 2.52 bits per heavy atom. The molecule has 1 aliphatic rings. The van der Waals surface area contributed by atoms with Crippen molar-refractivity contribution in [2.24, 2.45) is 0 Å². The van der Waals surface area contributed by atoms with E-state index < -0.39 is 0 Å². The third kappa shape index (κ3) is 5.66. The molecule has 1 aromatic carbocycles. The van der Waals surface area contributed by atoms with E-state index in [9.17, 15) is 9.59 Å². The molecule has 3 rings (SSSR count). The molecule has 2 heterocycles. The zero-order valence-corrected chi connectivity index (χ0v) is 19.0. The molecule has 1 amide bonds. The first-order chi connectivity index (χ1) is 14.0. The van der Waals surface area contributed by atoms with Crippen molar-refractivity contribution in [1.29, 1.82) is 0 Å². The number of aromatic nitrogens is 1. The van der Waals surface area contributed by atoms with Crippen molar-refractivity contribution in [3.8, 4) is 0 Å². The SMILES string of the molecule is C=CCN(CC=C)CCN1CCN(C(=O)Cn2c(=O)sc3ccc(Br)cc32)CC1. The summed E-state index contributed by atoms with van der Waals surface area (Å²) < 4.78 is 3.39. The zero-order valence-electron chi connectivity index (χ0n) is 16.6. The topological polar surface area (TPSA) is 48.8 Å². The maximum atomic E-state index is 12.8. The normalized spacial score (nSPS) is 15.2. The van der Waals surface area contributed by atoms with E-state index in [2.05, 4.69) is 38.9 Å². The highest BCUT2D eigenvalue weighted by molar-refractivity contribution is 9.10. The summed E-state index contributed by atoms with van der Waals surface area (Å²) in [6, 6.07) is 5.72. The van der Waals surface area contributed by atoms with Gasteiger partial charge >= 0.3 is 4.87 Å². The highest BCUT2D eigenvalue weighted by atomic mass is 79.9. The van der Waals surface area contributed by atoms with Gasteiger partial charge in [-0.25, -0.2) is 0 Å². The molecule has 29 heavy (non-hydrogen) atoms. The van der Waals surface area contributed by atoms with Crippen LogP contribution in [-0.2, 0) is 11.3 Å².